The molecule has 0 fully saturated rings. The van der Waals surface area contributed by atoms with Crippen molar-refractivity contribution in [2.75, 3.05) is 5.73 Å². The van der Waals surface area contributed by atoms with Crippen LogP contribution in [0.1, 0.15) is 5.56 Å². The van der Waals surface area contributed by atoms with Crippen LogP contribution in [0.2, 0.25) is 10.0 Å². The average Bonchev–Trinajstić information content (AvgIpc) is 2.41. The number of nitrogens with two attached hydrogens (primary N) is 1. The fraction of sp³-hybridized carbons (Fsp3) is 0.0769. The van der Waals surface area contributed by atoms with Gasteiger partial charge in [0.05, 0.1) is 15.6 Å². The number of hydrogen-bond donors (Lipinski definition) is 2. The highest BCUT2D eigenvalue weighted by Gasteiger charge is 2.15. The van der Waals surface area contributed by atoms with Gasteiger partial charge in [0.25, 0.3) is 0 Å². The van der Waals surface area contributed by atoms with Gasteiger partial charge in [-0.3, -0.25) is 0 Å². The summed E-state index contributed by atoms with van der Waals surface area (Å²) < 4.78 is 26.7. The molecule has 0 spiro atoms. The van der Waals surface area contributed by atoms with Crippen molar-refractivity contribution < 1.29 is 8.42 Å². The molecule has 7 heteroatoms. The first-order valence-electron chi connectivity index (χ1n) is 5.68. The Bertz CT molecular complexity index is 733. The maximum absolute atomic E-state index is 12.1. The number of halogens is 2. The molecule has 20 heavy (non-hydrogen) atoms. The van der Waals surface area contributed by atoms with Crippen molar-refractivity contribution >= 4 is 38.9 Å². The first-order chi connectivity index (χ1) is 9.40. The fourth-order valence-corrected chi connectivity index (χ4v) is 2.95. The second-order valence-electron chi connectivity index (χ2n) is 4.10. The standard InChI is InChI=1S/C13H12Cl2N2O2S/c14-11-4-2-1-3-9(11)8-17-20(18,19)10-5-6-12(15)13(16)7-10/h1-7,17H,8,16H2. The van der Waals surface area contributed by atoms with Crippen LogP contribution < -0.4 is 10.5 Å². The number of hydrogen-bond acceptors (Lipinski definition) is 3. The van der Waals surface area contributed by atoms with E-state index in [1.54, 1.807) is 24.3 Å². The van der Waals surface area contributed by atoms with Gasteiger partial charge in [0, 0.05) is 11.6 Å². The zero-order valence-electron chi connectivity index (χ0n) is 10.3. The lowest BCUT2D eigenvalue weighted by molar-refractivity contribution is 0.581. The Hall–Kier alpha value is -1.27. The van der Waals surface area contributed by atoms with E-state index < -0.39 is 10.0 Å². The molecule has 106 valence electrons. The van der Waals surface area contributed by atoms with Crippen molar-refractivity contribution in [3.8, 4) is 0 Å². The van der Waals surface area contributed by atoms with Crippen LogP contribution >= 0.6 is 23.2 Å². The second kappa shape index (κ2) is 6.01. The Labute approximate surface area is 127 Å². The highest BCUT2D eigenvalue weighted by atomic mass is 35.5. The summed E-state index contributed by atoms with van der Waals surface area (Å²) in [7, 11) is -3.66. The van der Waals surface area contributed by atoms with E-state index in [9.17, 15) is 8.42 Å². The average molecular weight is 331 g/mol. The normalized spacial score (nSPS) is 11.5. The van der Waals surface area contributed by atoms with E-state index >= 15 is 0 Å². The summed E-state index contributed by atoms with van der Waals surface area (Å²) in [5, 5.41) is 0.820. The van der Waals surface area contributed by atoms with Crippen molar-refractivity contribution in [2.24, 2.45) is 0 Å². The molecule has 4 nitrogen and oxygen atoms in total. The topological polar surface area (TPSA) is 72.2 Å². The third-order valence-corrected chi connectivity index (χ3v) is 4.80. The maximum atomic E-state index is 12.1. The van der Waals surface area contributed by atoms with Gasteiger partial charge in [0.1, 0.15) is 0 Å². The molecule has 0 saturated carbocycles. The fourth-order valence-electron chi connectivity index (χ4n) is 1.59. The highest BCUT2D eigenvalue weighted by molar-refractivity contribution is 7.89. The molecule has 0 amide bonds. The lowest BCUT2D eigenvalue weighted by atomic mass is 10.2. The van der Waals surface area contributed by atoms with Gasteiger partial charge >= 0.3 is 0 Å². The molecule has 2 aromatic rings. The van der Waals surface area contributed by atoms with Crippen molar-refractivity contribution in [3.63, 3.8) is 0 Å². The van der Waals surface area contributed by atoms with Crippen LogP contribution in [-0.4, -0.2) is 8.42 Å². The molecular weight excluding hydrogens is 319 g/mol. The summed E-state index contributed by atoms with van der Waals surface area (Å²) in [6.07, 6.45) is 0. The third-order valence-electron chi connectivity index (χ3n) is 2.69. The maximum Gasteiger partial charge on any atom is 0.240 e. The van der Waals surface area contributed by atoms with Crippen molar-refractivity contribution in [1.82, 2.24) is 4.72 Å². The lowest BCUT2D eigenvalue weighted by Gasteiger charge is -2.09. The molecule has 0 aliphatic carbocycles. The number of anilines is 1. The van der Waals surface area contributed by atoms with Gasteiger partial charge in [-0.1, -0.05) is 41.4 Å². The van der Waals surface area contributed by atoms with Crippen LogP contribution in [0.25, 0.3) is 0 Å². The Balaban J connectivity index is 2.19. The number of nitrogen functional groups attached to an aromatic ring is 1. The van der Waals surface area contributed by atoms with Crippen molar-refractivity contribution in [3.05, 3.63) is 58.1 Å². The lowest BCUT2D eigenvalue weighted by Crippen LogP contribution is -2.23. The third kappa shape index (κ3) is 3.43. The number of rotatable bonds is 4. The van der Waals surface area contributed by atoms with E-state index in [4.69, 9.17) is 28.9 Å². The molecule has 0 aliphatic rings. The molecule has 2 rings (SSSR count). The molecule has 0 aliphatic heterocycles. The van der Waals surface area contributed by atoms with Gasteiger partial charge in [-0.05, 0) is 29.8 Å². The van der Waals surface area contributed by atoms with E-state index in [0.717, 1.165) is 0 Å². The van der Waals surface area contributed by atoms with Crippen molar-refractivity contribution in [2.45, 2.75) is 11.4 Å². The molecule has 0 heterocycles. The van der Waals surface area contributed by atoms with Crippen molar-refractivity contribution in [1.29, 1.82) is 0 Å². The van der Waals surface area contributed by atoms with Crippen LogP contribution in [0, 0.1) is 0 Å². The zero-order valence-corrected chi connectivity index (χ0v) is 12.6. The molecule has 2 aromatic carbocycles. The van der Waals surface area contributed by atoms with E-state index in [1.165, 1.54) is 18.2 Å². The first-order valence-corrected chi connectivity index (χ1v) is 7.92. The van der Waals surface area contributed by atoms with Crippen LogP contribution in [0.5, 0.6) is 0 Å². The van der Waals surface area contributed by atoms with E-state index in [2.05, 4.69) is 4.72 Å². The smallest absolute Gasteiger partial charge is 0.240 e. The zero-order chi connectivity index (χ0) is 14.8. The van der Waals surface area contributed by atoms with E-state index in [0.29, 0.717) is 15.6 Å². The number of sulfonamides is 1. The predicted molar refractivity (Wildman–Crippen MR) is 81.3 cm³/mol. The van der Waals surface area contributed by atoms with Crippen LogP contribution in [-0.2, 0) is 16.6 Å². The Kier molecular flexibility index (Phi) is 4.55. The molecule has 0 radical (unpaired) electrons. The van der Waals surface area contributed by atoms with Crippen LogP contribution in [0.4, 0.5) is 5.69 Å². The SMILES string of the molecule is Nc1cc(S(=O)(=O)NCc2ccccc2Cl)ccc1Cl. The Morgan fingerprint density at radius 3 is 2.40 bits per heavy atom. The number of benzene rings is 2. The van der Waals surface area contributed by atoms with Gasteiger partial charge < -0.3 is 5.73 Å². The summed E-state index contributed by atoms with van der Waals surface area (Å²) in [4.78, 5) is 0.0615. The minimum Gasteiger partial charge on any atom is -0.397 e. The van der Waals surface area contributed by atoms with Gasteiger partial charge in [-0.2, -0.15) is 0 Å². The molecule has 0 bridgehead atoms. The summed E-state index contributed by atoms with van der Waals surface area (Å²) in [6, 6.07) is 11.2. The van der Waals surface area contributed by atoms with Gasteiger partial charge in [-0.15, -0.1) is 0 Å². The minimum absolute atomic E-state index is 0.0615. The molecule has 0 unspecified atom stereocenters. The summed E-state index contributed by atoms with van der Waals surface area (Å²) in [6.45, 7) is 0.102. The highest BCUT2D eigenvalue weighted by Crippen LogP contribution is 2.22. The second-order valence-corrected chi connectivity index (χ2v) is 6.68. The summed E-state index contributed by atoms with van der Waals surface area (Å²) >= 11 is 11.7. The summed E-state index contributed by atoms with van der Waals surface area (Å²) in [5.74, 6) is 0. The first kappa shape index (κ1) is 15.1. The Morgan fingerprint density at radius 2 is 1.75 bits per heavy atom. The largest absolute Gasteiger partial charge is 0.397 e. The van der Waals surface area contributed by atoms with E-state index in [-0.39, 0.29) is 17.1 Å². The molecule has 0 aromatic heterocycles. The monoisotopic (exact) mass is 330 g/mol. The van der Waals surface area contributed by atoms with Crippen LogP contribution in [0.3, 0.4) is 0 Å². The van der Waals surface area contributed by atoms with Gasteiger partial charge in [0.2, 0.25) is 10.0 Å². The van der Waals surface area contributed by atoms with Crippen LogP contribution in [0.15, 0.2) is 47.4 Å². The van der Waals surface area contributed by atoms with Gasteiger partial charge in [-0.25, -0.2) is 13.1 Å². The minimum atomic E-state index is -3.66. The quantitative estimate of drug-likeness (QED) is 0.846. The van der Waals surface area contributed by atoms with Gasteiger partial charge in [0.15, 0.2) is 0 Å². The molecule has 3 N–H and O–H groups in total. The Morgan fingerprint density at radius 1 is 1.05 bits per heavy atom. The predicted octanol–water partition coefficient (Wildman–Crippen LogP) is 3.05. The molecular formula is C13H12Cl2N2O2S. The summed E-state index contributed by atoms with van der Waals surface area (Å²) in [5.41, 5.74) is 6.51. The molecule has 0 atom stereocenters. The molecule has 0 saturated heterocycles. The number of nitrogens with one attached hydrogen (secondary N) is 1. The van der Waals surface area contributed by atoms with E-state index in [1.807, 2.05) is 0 Å².